The van der Waals surface area contributed by atoms with Gasteiger partial charge in [-0.3, -0.25) is 4.79 Å². The van der Waals surface area contributed by atoms with E-state index in [4.69, 9.17) is 4.74 Å². The van der Waals surface area contributed by atoms with Gasteiger partial charge in [-0.1, -0.05) is 42.5 Å². The summed E-state index contributed by atoms with van der Waals surface area (Å²) in [6, 6.07) is 15.0. The van der Waals surface area contributed by atoms with Crippen LogP contribution < -0.4 is 0 Å². The number of rotatable bonds is 1. The van der Waals surface area contributed by atoms with Crippen LogP contribution in [0.1, 0.15) is 30.7 Å². The van der Waals surface area contributed by atoms with Gasteiger partial charge >= 0.3 is 5.97 Å². The summed E-state index contributed by atoms with van der Waals surface area (Å²) in [6.07, 6.45) is 2.37. The van der Waals surface area contributed by atoms with Crippen LogP contribution in [0.2, 0.25) is 0 Å². The van der Waals surface area contributed by atoms with Gasteiger partial charge in [-0.15, -0.1) is 0 Å². The van der Waals surface area contributed by atoms with E-state index in [1.54, 1.807) is 0 Å². The molecule has 2 aromatic carbocycles. The normalized spacial score (nSPS) is 20.4. The van der Waals surface area contributed by atoms with Gasteiger partial charge in [0.2, 0.25) is 0 Å². The van der Waals surface area contributed by atoms with Crippen molar-refractivity contribution in [2.75, 3.05) is 6.61 Å². The third-order valence-electron chi connectivity index (χ3n) is 3.67. The van der Waals surface area contributed by atoms with Crippen molar-refractivity contribution in [1.82, 2.24) is 0 Å². The van der Waals surface area contributed by atoms with Crippen molar-refractivity contribution in [1.29, 1.82) is 0 Å². The summed E-state index contributed by atoms with van der Waals surface area (Å²) in [5, 5.41) is 2.54. The molecule has 1 heterocycles. The van der Waals surface area contributed by atoms with Gasteiger partial charge in [0.25, 0.3) is 0 Å². The lowest BCUT2D eigenvalue weighted by molar-refractivity contribution is -0.142. The Balaban J connectivity index is 1.91. The van der Waals surface area contributed by atoms with Gasteiger partial charge in [0.1, 0.15) is 0 Å². The van der Waals surface area contributed by atoms with Gasteiger partial charge in [0.15, 0.2) is 0 Å². The van der Waals surface area contributed by atoms with Gasteiger partial charge in [-0.2, -0.15) is 0 Å². The molecule has 1 saturated heterocycles. The van der Waals surface area contributed by atoms with E-state index in [1.165, 1.54) is 16.3 Å². The van der Waals surface area contributed by atoms with Crippen LogP contribution in [0.25, 0.3) is 10.8 Å². The Morgan fingerprint density at radius 1 is 1.00 bits per heavy atom. The standard InChI is InChI=1S/C16H16O2/c17-16-8-7-13(9-10-18-16)15-6-5-12-3-1-2-4-14(12)11-15/h1-6,11,13H,7-10H2/t13-/m1/s1. The molecule has 1 atom stereocenters. The van der Waals surface area contributed by atoms with E-state index in [2.05, 4.69) is 42.5 Å². The molecule has 1 fully saturated rings. The molecule has 3 rings (SSSR count). The number of cyclic esters (lactones) is 1. The number of fused-ring (bicyclic) bond motifs is 1. The highest BCUT2D eigenvalue weighted by molar-refractivity contribution is 5.83. The van der Waals surface area contributed by atoms with Crippen molar-refractivity contribution in [3.05, 3.63) is 48.0 Å². The van der Waals surface area contributed by atoms with E-state index in [1.807, 2.05) is 0 Å². The maximum absolute atomic E-state index is 11.3. The first kappa shape index (κ1) is 11.3. The SMILES string of the molecule is O=C1CC[C@@H](c2ccc3ccccc3c2)CCO1. The highest BCUT2D eigenvalue weighted by Crippen LogP contribution is 2.29. The fraction of sp³-hybridized carbons (Fsp3) is 0.312. The molecule has 0 N–H and O–H groups in total. The fourth-order valence-electron chi connectivity index (χ4n) is 2.62. The summed E-state index contributed by atoms with van der Waals surface area (Å²) < 4.78 is 5.10. The molecule has 0 amide bonds. The van der Waals surface area contributed by atoms with Crippen LogP contribution in [0.3, 0.4) is 0 Å². The molecule has 0 radical (unpaired) electrons. The van der Waals surface area contributed by atoms with Crippen LogP contribution in [-0.2, 0) is 9.53 Å². The highest BCUT2D eigenvalue weighted by Gasteiger charge is 2.18. The topological polar surface area (TPSA) is 26.3 Å². The number of esters is 1. The number of benzene rings is 2. The van der Waals surface area contributed by atoms with Gasteiger partial charge in [-0.05, 0) is 35.1 Å². The second-order valence-corrected chi connectivity index (χ2v) is 4.85. The molecule has 0 aromatic heterocycles. The molecule has 92 valence electrons. The smallest absolute Gasteiger partial charge is 0.305 e. The molecule has 0 aliphatic carbocycles. The van der Waals surface area contributed by atoms with E-state index in [9.17, 15) is 4.79 Å². The van der Waals surface area contributed by atoms with Crippen molar-refractivity contribution >= 4 is 16.7 Å². The predicted molar refractivity (Wildman–Crippen MR) is 71.5 cm³/mol. The van der Waals surface area contributed by atoms with Crippen molar-refractivity contribution in [2.45, 2.75) is 25.2 Å². The molecule has 18 heavy (non-hydrogen) atoms. The molecule has 2 heteroatoms. The van der Waals surface area contributed by atoms with Crippen molar-refractivity contribution < 1.29 is 9.53 Å². The number of ether oxygens (including phenoxy) is 1. The molecule has 1 aliphatic heterocycles. The average Bonchev–Trinajstić information content (AvgIpc) is 2.63. The summed E-state index contributed by atoms with van der Waals surface area (Å²) in [5.41, 5.74) is 1.33. The Kier molecular flexibility index (Phi) is 3.01. The Morgan fingerprint density at radius 2 is 1.83 bits per heavy atom. The van der Waals surface area contributed by atoms with E-state index in [0.717, 1.165) is 12.8 Å². The molecule has 0 spiro atoms. The first-order valence-corrected chi connectivity index (χ1v) is 6.47. The second kappa shape index (κ2) is 4.81. The van der Waals surface area contributed by atoms with Gasteiger partial charge in [0.05, 0.1) is 6.61 Å². The Labute approximate surface area is 107 Å². The minimum atomic E-state index is -0.0571. The largest absolute Gasteiger partial charge is 0.466 e. The molecule has 2 nitrogen and oxygen atoms in total. The Morgan fingerprint density at radius 3 is 2.72 bits per heavy atom. The molecular formula is C16H16O2. The zero-order valence-corrected chi connectivity index (χ0v) is 10.3. The van der Waals surface area contributed by atoms with Crippen LogP contribution in [0, 0.1) is 0 Å². The van der Waals surface area contributed by atoms with E-state index >= 15 is 0 Å². The number of hydrogen-bond donors (Lipinski definition) is 0. The monoisotopic (exact) mass is 240 g/mol. The summed E-state index contributed by atoms with van der Waals surface area (Å²) in [5.74, 6) is 0.388. The second-order valence-electron chi connectivity index (χ2n) is 4.85. The zero-order chi connectivity index (χ0) is 12.4. The van der Waals surface area contributed by atoms with Crippen molar-refractivity contribution in [3.8, 4) is 0 Å². The summed E-state index contributed by atoms with van der Waals surface area (Å²) in [7, 11) is 0. The van der Waals surface area contributed by atoms with E-state index in [-0.39, 0.29) is 5.97 Å². The van der Waals surface area contributed by atoms with Gasteiger partial charge < -0.3 is 4.74 Å². The third kappa shape index (κ3) is 2.23. The minimum Gasteiger partial charge on any atom is -0.466 e. The zero-order valence-electron chi connectivity index (χ0n) is 10.3. The molecule has 0 saturated carbocycles. The molecule has 0 bridgehead atoms. The summed E-state index contributed by atoms with van der Waals surface area (Å²) >= 11 is 0. The Bertz CT molecular complexity index is 574. The first-order chi connectivity index (χ1) is 8.83. The lowest BCUT2D eigenvalue weighted by Gasteiger charge is -2.13. The third-order valence-corrected chi connectivity index (χ3v) is 3.67. The molecule has 1 aliphatic rings. The first-order valence-electron chi connectivity index (χ1n) is 6.47. The van der Waals surface area contributed by atoms with Crippen LogP contribution in [0.4, 0.5) is 0 Å². The molecule has 0 unspecified atom stereocenters. The van der Waals surface area contributed by atoms with E-state index < -0.39 is 0 Å². The van der Waals surface area contributed by atoms with Crippen molar-refractivity contribution in [2.24, 2.45) is 0 Å². The fourth-order valence-corrected chi connectivity index (χ4v) is 2.62. The average molecular weight is 240 g/mol. The number of carbonyl (C=O) groups excluding carboxylic acids is 1. The molecular weight excluding hydrogens is 224 g/mol. The van der Waals surface area contributed by atoms with E-state index in [0.29, 0.717) is 18.9 Å². The number of hydrogen-bond acceptors (Lipinski definition) is 2. The highest BCUT2D eigenvalue weighted by atomic mass is 16.5. The van der Waals surface area contributed by atoms with Crippen LogP contribution >= 0.6 is 0 Å². The van der Waals surface area contributed by atoms with Gasteiger partial charge in [0, 0.05) is 6.42 Å². The maximum Gasteiger partial charge on any atom is 0.305 e. The summed E-state index contributed by atoms with van der Waals surface area (Å²) in [4.78, 5) is 11.3. The molecule has 2 aromatic rings. The van der Waals surface area contributed by atoms with Crippen LogP contribution in [-0.4, -0.2) is 12.6 Å². The lowest BCUT2D eigenvalue weighted by atomic mass is 9.90. The Hall–Kier alpha value is -1.83. The van der Waals surface area contributed by atoms with Crippen molar-refractivity contribution in [3.63, 3.8) is 0 Å². The summed E-state index contributed by atoms with van der Waals surface area (Å²) in [6.45, 7) is 0.552. The van der Waals surface area contributed by atoms with Gasteiger partial charge in [-0.25, -0.2) is 0 Å². The minimum absolute atomic E-state index is 0.0571. The predicted octanol–water partition coefficient (Wildman–Crippen LogP) is 3.65. The maximum atomic E-state index is 11.3. The van der Waals surface area contributed by atoms with Crippen LogP contribution in [0.15, 0.2) is 42.5 Å². The number of carbonyl (C=O) groups is 1. The lowest BCUT2D eigenvalue weighted by Crippen LogP contribution is -2.00. The van der Waals surface area contributed by atoms with Crippen LogP contribution in [0.5, 0.6) is 0 Å². The quantitative estimate of drug-likeness (QED) is 0.711.